The van der Waals surface area contributed by atoms with E-state index in [1.54, 1.807) is 13.8 Å². The molecule has 2 aliphatic heterocycles. The van der Waals surface area contributed by atoms with Gasteiger partial charge in [-0.2, -0.15) is 0 Å². The molecule has 2 N–H and O–H groups in total. The van der Waals surface area contributed by atoms with Crippen LogP contribution in [-0.2, 0) is 19.2 Å². The van der Waals surface area contributed by atoms with Gasteiger partial charge in [0.15, 0.2) is 0 Å². The minimum atomic E-state index is -0.979. The summed E-state index contributed by atoms with van der Waals surface area (Å²) in [6, 6.07) is 0. The topological polar surface area (TPSA) is 88.5 Å². The number of fused-ring (bicyclic) bond motifs is 4. The van der Waals surface area contributed by atoms with E-state index in [0.29, 0.717) is 31.3 Å². The lowest BCUT2D eigenvalue weighted by Gasteiger charge is -2.34. The molecule has 6 nitrogen and oxygen atoms in total. The van der Waals surface area contributed by atoms with Gasteiger partial charge >= 0.3 is 5.97 Å². The molecule has 3 aliphatic rings. The maximum atomic E-state index is 12.5. The highest BCUT2D eigenvalue weighted by atomic mass is 17.1. The van der Waals surface area contributed by atoms with Crippen LogP contribution in [0.25, 0.3) is 0 Å². The number of hydrogen-bond donors (Lipinski definition) is 2. The zero-order valence-corrected chi connectivity index (χ0v) is 15.9. The molecule has 146 valence electrons. The van der Waals surface area contributed by atoms with Crippen LogP contribution in [0.4, 0.5) is 0 Å². The van der Waals surface area contributed by atoms with Crippen LogP contribution in [0.2, 0.25) is 0 Å². The van der Waals surface area contributed by atoms with Gasteiger partial charge in [0, 0.05) is 5.57 Å². The van der Waals surface area contributed by atoms with Crippen molar-refractivity contribution in [1.29, 1.82) is 0 Å². The molecule has 0 spiro atoms. The molecule has 6 heteroatoms. The number of ether oxygens (including phenoxy) is 2. The molecular formula is C20H30O6. The van der Waals surface area contributed by atoms with Crippen LogP contribution in [0, 0.1) is 5.92 Å². The number of carbonyl (C=O) groups excluding carboxylic acids is 1. The molecule has 1 aliphatic carbocycles. The molecule has 6 atom stereocenters. The first kappa shape index (κ1) is 19.5. The second kappa shape index (κ2) is 6.75. The fourth-order valence-electron chi connectivity index (χ4n) is 4.08. The largest absolute Gasteiger partial charge is 0.453 e. The molecule has 0 unspecified atom stereocenters. The number of hydrogen-bond acceptors (Lipinski definition) is 6. The molecule has 3 rings (SSSR count). The Morgan fingerprint density at radius 3 is 2.65 bits per heavy atom. The quantitative estimate of drug-likeness (QED) is 0.185. The number of aliphatic hydroxyl groups excluding tert-OH is 1. The van der Waals surface area contributed by atoms with Crippen LogP contribution in [-0.4, -0.2) is 45.3 Å². The predicted molar refractivity (Wildman–Crippen MR) is 95.4 cm³/mol. The smallest absolute Gasteiger partial charge is 0.334 e. The summed E-state index contributed by atoms with van der Waals surface area (Å²) in [6.45, 7) is 9.53. The summed E-state index contributed by atoms with van der Waals surface area (Å²) in [5.74, 6) is -0.438. The minimum Gasteiger partial charge on any atom is -0.453 e. The van der Waals surface area contributed by atoms with E-state index in [2.05, 4.69) is 18.4 Å². The van der Waals surface area contributed by atoms with Gasteiger partial charge in [-0.3, -0.25) is 5.26 Å². The highest BCUT2D eigenvalue weighted by molar-refractivity contribution is 5.89. The van der Waals surface area contributed by atoms with Crippen molar-refractivity contribution in [3.8, 4) is 0 Å². The Morgan fingerprint density at radius 2 is 1.96 bits per heavy atom. The fourth-order valence-corrected chi connectivity index (χ4v) is 4.08. The molecule has 0 amide bonds. The van der Waals surface area contributed by atoms with Crippen LogP contribution in [0.15, 0.2) is 24.3 Å². The number of epoxide rings is 1. The van der Waals surface area contributed by atoms with Crippen molar-refractivity contribution < 1.29 is 29.5 Å². The SMILES string of the molecule is C=C1C(=O)O[C@@]2(C)CC[C@H]1C[C@H]1O[C@]1(C)C/C=C\[C@](C)(OO)CC[C@H]2O. The zero-order chi connectivity index (χ0) is 19.2. The number of esters is 1. The van der Waals surface area contributed by atoms with Gasteiger partial charge < -0.3 is 14.6 Å². The molecule has 2 saturated heterocycles. The zero-order valence-electron chi connectivity index (χ0n) is 15.9. The van der Waals surface area contributed by atoms with Crippen molar-refractivity contribution in [2.45, 2.75) is 88.3 Å². The summed E-state index contributed by atoms with van der Waals surface area (Å²) in [6.07, 6.45) is 6.38. The van der Waals surface area contributed by atoms with E-state index in [4.69, 9.17) is 9.47 Å². The van der Waals surface area contributed by atoms with Crippen molar-refractivity contribution >= 4 is 5.97 Å². The average molecular weight is 366 g/mol. The maximum absolute atomic E-state index is 12.5. The van der Waals surface area contributed by atoms with Crippen LogP contribution >= 0.6 is 0 Å². The summed E-state index contributed by atoms with van der Waals surface area (Å²) >= 11 is 0. The third-order valence-electron chi connectivity index (χ3n) is 6.43. The lowest BCUT2D eigenvalue weighted by Crippen LogP contribution is -2.44. The first-order valence-corrected chi connectivity index (χ1v) is 9.39. The molecule has 2 bridgehead atoms. The molecule has 0 radical (unpaired) electrons. The molecule has 0 saturated carbocycles. The summed E-state index contributed by atoms with van der Waals surface area (Å²) in [4.78, 5) is 17.2. The first-order chi connectivity index (χ1) is 12.1. The van der Waals surface area contributed by atoms with E-state index in [-0.39, 0.29) is 17.6 Å². The first-order valence-electron chi connectivity index (χ1n) is 9.39. The molecular weight excluding hydrogens is 336 g/mol. The van der Waals surface area contributed by atoms with Crippen molar-refractivity contribution in [2.75, 3.05) is 0 Å². The number of rotatable bonds is 1. The second-order valence-electron chi connectivity index (χ2n) is 8.68. The Labute approximate surface area is 154 Å². The Kier molecular flexibility index (Phi) is 5.07. The van der Waals surface area contributed by atoms with Gasteiger partial charge in [0.2, 0.25) is 0 Å². The molecule has 0 aromatic rings. The van der Waals surface area contributed by atoms with E-state index in [9.17, 15) is 15.2 Å². The Balaban J connectivity index is 1.89. The molecule has 26 heavy (non-hydrogen) atoms. The summed E-state index contributed by atoms with van der Waals surface area (Å²) < 4.78 is 11.6. The molecule has 2 heterocycles. The predicted octanol–water partition coefficient (Wildman–Crippen LogP) is 3.15. The second-order valence-corrected chi connectivity index (χ2v) is 8.68. The van der Waals surface area contributed by atoms with Gasteiger partial charge in [0.1, 0.15) is 11.2 Å². The van der Waals surface area contributed by atoms with Crippen molar-refractivity contribution in [2.24, 2.45) is 5.92 Å². The average Bonchev–Trinajstić information content (AvgIpc) is 3.25. The van der Waals surface area contributed by atoms with Gasteiger partial charge in [0.25, 0.3) is 0 Å². The molecule has 0 aromatic carbocycles. The lowest BCUT2D eigenvalue weighted by atomic mass is 9.82. The van der Waals surface area contributed by atoms with E-state index in [1.807, 2.05) is 12.2 Å². The highest BCUT2D eigenvalue weighted by Crippen LogP contribution is 2.47. The van der Waals surface area contributed by atoms with Crippen molar-refractivity contribution in [3.63, 3.8) is 0 Å². The van der Waals surface area contributed by atoms with E-state index in [0.717, 1.165) is 12.8 Å². The van der Waals surface area contributed by atoms with Crippen LogP contribution in [0.1, 0.15) is 59.3 Å². The molecule has 0 aromatic heterocycles. The third kappa shape index (κ3) is 3.74. The van der Waals surface area contributed by atoms with Gasteiger partial charge in [-0.05, 0) is 65.2 Å². The van der Waals surface area contributed by atoms with Crippen LogP contribution in [0.5, 0.6) is 0 Å². The number of carbonyl (C=O) groups is 1. The van der Waals surface area contributed by atoms with Crippen LogP contribution < -0.4 is 0 Å². The van der Waals surface area contributed by atoms with Gasteiger partial charge in [-0.15, -0.1) is 0 Å². The van der Waals surface area contributed by atoms with Gasteiger partial charge in [-0.1, -0.05) is 18.7 Å². The van der Waals surface area contributed by atoms with Crippen LogP contribution in [0.3, 0.4) is 0 Å². The Hall–Kier alpha value is -1.21. The summed E-state index contributed by atoms with van der Waals surface area (Å²) in [5.41, 5.74) is -1.70. The van der Waals surface area contributed by atoms with Gasteiger partial charge in [0.05, 0.1) is 17.8 Å². The number of aliphatic hydroxyl groups is 1. The lowest BCUT2D eigenvalue weighted by molar-refractivity contribution is -0.305. The van der Waals surface area contributed by atoms with E-state index >= 15 is 0 Å². The van der Waals surface area contributed by atoms with E-state index in [1.165, 1.54) is 0 Å². The van der Waals surface area contributed by atoms with Crippen molar-refractivity contribution in [3.05, 3.63) is 24.3 Å². The Morgan fingerprint density at radius 1 is 1.23 bits per heavy atom. The molecule has 2 fully saturated rings. The third-order valence-corrected chi connectivity index (χ3v) is 6.43. The summed E-state index contributed by atoms with van der Waals surface area (Å²) in [7, 11) is 0. The normalized spacial score (nSPS) is 48.1. The van der Waals surface area contributed by atoms with Gasteiger partial charge in [-0.25, -0.2) is 9.68 Å². The highest BCUT2D eigenvalue weighted by Gasteiger charge is 2.53. The monoisotopic (exact) mass is 366 g/mol. The Bertz CT molecular complexity index is 615. The van der Waals surface area contributed by atoms with Crippen molar-refractivity contribution in [1.82, 2.24) is 0 Å². The van der Waals surface area contributed by atoms with E-state index < -0.39 is 23.3 Å². The standard InChI is InChI=1S/C20H30O6/c1-13-14-6-11-19(3,25-17(13)22)15(21)7-10-18(2,26-23)8-5-9-20(4)16(12-14)24-20/h5,8,14-16,21,23H,1,6-7,9-12H2,2-4H3/b8-5-/t14-,15+,16+,18-,19-,20+/m0/s1. The minimum absolute atomic E-state index is 0.00121. The fraction of sp³-hybridized carbons (Fsp3) is 0.750. The summed E-state index contributed by atoms with van der Waals surface area (Å²) in [5, 5.41) is 20.1. The maximum Gasteiger partial charge on any atom is 0.334 e.